The molecule has 3 aliphatic rings. The molecule has 21 heavy (non-hydrogen) atoms. The summed E-state index contributed by atoms with van der Waals surface area (Å²) in [4.78, 5) is 24.4. The van der Waals surface area contributed by atoms with E-state index in [4.69, 9.17) is 16.3 Å². The summed E-state index contributed by atoms with van der Waals surface area (Å²) in [6.07, 6.45) is 5.67. The molecule has 0 bridgehead atoms. The van der Waals surface area contributed by atoms with Gasteiger partial charge in [-0.05, 0) is 33.1 Å². The van der Waals surface area contributed by atoms with E-state index in [2.05, 4.69) is 5.32 Å². The van der Waals surface area contributed by atoms with Crippen molar-refractivity contribution in [3.63, 3.8) is 0 Å². The number of hydrogen-bond acceptors (Lipinski definition) is 4. The Labute approximate surface area is 128 Å². The highest BCUT2D eigenvalue weighted by Gasteiger charge is 2.80. The Morgan fingerprint density at radius 2 is 2.24 bits per heavy atom. The number of aliphatic hydroxyl groups excluding tert-OH is 1. The molecule has 2 saturated heterocycles. The second-order valence-electron chi connectivity index (χ2n) is 6.42. The minimum Gasteiger partial charge on any atom is -0.453 e. The first-order chi connectivity index (χ1) is 9.84. The van der Waals surface area contributed by atoms with Crippen molar-refractivity contribution in [1.29, 1.82) is 0 Å². The van der Waals surface area contributed by atoms with Crippen LogP contribution in [0.25, 0.3) is 0 Å². The number of rotatable bonds is 3. The van der Waals surface area contributed by atoms with E-state index in [-0.39, 0.29) is 11.8 Å². The third-order valence-corrected chi connectivity index (χ3v) is 5.46. The van der Waals surface area contributed by atoms with Crippen LogP contribution in [0.1, 0.15) is 33.1 Å². The summed E-state index contributed by atoms with van der Waals surface area (Å²) in [5, 5.41) is 13.0. The molecular formula is C15H20ClNO4. The van der Waals surface area contributed by atoms with Gasteiger partial charge in [0.25, 0.3) is 0 Å². The van der Waals surface area contributed by atoms with Crippen LogP contribution >= 0.6 is 11.6 Å². The largest absolute Gasteiger partial charge is 0.453 e. The smallest absolute Gasteiger partial charge is 0.339 e. The Morgan fingerprint density at radius 1 is 1.52 bits per heavy atom. The first kappa shape index (κ1) is 14.9. The number of allylic oxidation sites excluding steroid dienone is 1. The number of alkyl halides is 1. The normalized spacial score (nSPS) is 44.4. The molecular weight excluding hydrogens is 294 g/mol. The van der Waals surface area contributed by atoms with Gasteiger partial charge in [-0.2, -0.15) is 0 Å². The van der Waals surface area contributed by atoms with Crippen molar-refractivity contribution in [3.05, 3.63) is 12.2 Å². The van der Waals surface area contributed by atoms with Gasteiger partial charge in [-0.15, -0.1) is 11.6 Å². The zero-order valence-corrected chi connectivity index (χ0v) is 12.9. The molecule has 6 heteroatoms. The summed E-state index contributed by atoms with van der Waals surface area (Å²) in [5.74, 6) is -1.70. The molecule has 0 spiro atoms. The van der Waals surface area contributed by atoms with Gasteiger partial charge in [0.05, 0.1) is 12.0 Å². The maximum absolute atomic E-state index is 12.3. The van der Waals surface area contributed by atoms with Gasteiger partial charge in [0.2, 0.25) is 11.4 Å². The van der Waals surface area contributed by atoms with Crippen molar-refractivity contribution in [1.82, 2.24) is 5.32 Å². The molecule has 116 valence electrons. The van der Waals surface area contributed by atoms with Crippen LogP contribution in [0.5, 0.6) is 0 Å². The van der Waals surface area contributed by atoms with Crippen molar-refractivity contribution in [2.75, 3.05) is 0 Å². The number of esters is 1. The van der Waals surface area contributed by atoms with Crippen LogP contribution in [0.15, 0.2) is 12.2 Å². The lowest BCUT2D eigenvalue weighted by Crippen LogP contribution is -2.80. The Morgan fingerprint density at radius 3 is 2.76 bits per heavy atom. The van der Waals surface area contributed by atoms with Crippen LogP contribution in [0.3, 0.4) is 0 Å². The molecule has 0 aromatic rings. The van der Waals surface area contributed by atoms with Gasteiger partial charge in [0.15, 0.2) is 5.60 Å². The second-order valence-corrected chi connectivity index (χ2v) is 7.11. The summed E-state index contributed by atoms with van der Waals surface area (Å²) in [5.41, 5.74) is -2.46. The SMILES string of the molecule is CC(Cl)C1C(=O)NC2(C(O)C3C=CCCC3)C(=O)OC12C. The lowest BCUT2D eigenvalue weighted by atomic mass is 9.64. The van der Waals surface area contributed by atoms with Crippen LogP contribution in [0, 0.1) is 11.8 Å². The lowest BCUT2D eigenvalue weighted by Gasteiger charge is -2.54. The number of carbonyl (C=O) groups excluding carboxylic acids is 2. The number of hydrogen-bond donors (Lipinski definition) is 2. The number of nitrogens with one attached hydrogen (secondary N) is 1. The van der Waals surface area contributed by atoms with Gasteiger partial charge in [0.1, 0.15) is 0 Å². The van der Waals surface area contributed by atoms with Crippen LogP contribution in [0.2, 0.25) is 0 Å². The number of halogens is 1. The molecule has 2 fully saturated rings. The van der Waals surface area contributed by atoms with E-state index in [0.29, 0.717) is 0 Å². The van der Waals surface area contributed by atoms with E-state index in [1.54, 1.807) is 13.8 Å². The maximum Gasteiger partial charge on any atom is 0.339 e. The number of amides is 1. The zero-order chi connectivity index (χ0) is 15.4. The fraction of sp³-hybridized carbons (Fsp3) is 0.733. The van der Waals surface area contributed by atoms with E-state index in [9.17, 15) is 14.7 Å². The van der Waals surface area contributed by atoms with Gasteiger partial charge in [0, 0.05) is 11.3 Å². The topological polar surface area (TPSA) is 75.6 Å². The minimum atomic E-state index is -1.37. The van der Waals surface area contributed by atoms with Crippen LogP contribution in [-0.4, -0.2) is 39.6 Å². The quantitative estimate of drug-likeness (QED) is 0.465. The van der Waals surface area contributed by atoms with Gasteiger partial charge in [-0.25, -0.2) is 4.79 Å². The van der Waals surface area contributed by atoms with Gasteiger partial charge < -0.3 is 15.2 Å². The Bertz CT molecular complexity index is 520. The van der Waals surface area contributed by atoms with Crippen molar-refractivity contribution in [2.45, 2.75) is 55.7 Å². The Kier molecular flexibility index (Phi) is 3.33. The molecule has 2 N–H and O–H groups in total. The predicted molar refractivity (Wildman–Crippen MR) is 76.7 cm³/mol. The van der Waals surface area contributed by atoms with Crippen LogP contribution in [0.4, 0.5) is 0 Å². The summed E-state index contributed by atoms with van der Waals surface area (Å²) >= 11 is 6.12. The number of aliphatic hydroxyl groups is 1. The average molecular weight is 314 g/mol. The summed E-state index contributed by atoms with van der Waals surface area (Å²) in [7, 11) is 0. The Hall–Kier alpha value is -1.07. The lowest BCUT2D eigenvalue weighted by molar-refractivity contribution is -0.238. The molecule has 2 aliphatic heterocycles. The molecule has 6 unspecified atom stereocenters. The highest BCUT2D eigenvalue weighted by atomic mass is 35.5. The average Bonchev–Trinajstić information content (AvgIpc) is 2.62. The standard InChI is InChI=1S/C15H20ClNO4/c1-8(16)10-12(19)17-15(13(20)21-14(10,15)2)11(18)9-6-4-3-5-7-9/h4,6,8-11,18H,3,5,7H2,1-2H3,(H,17,19). The van der Waals surface area contributed by atoms with E-state index in [1.165, 1.54) is 0 Å². The summed E-state index contributed by atoms with van der Waals surface area (Å²) in [6, 6.07) is 0. The molecule has 5 nitrogen and oxygen atoms in total. The van der Waals surface area contributed by atoms with E-state index < -0.39 is 34.5 Å². The molecule has 2 heterocycles. The number of carbonyl (C=O) groups is 2. The highest BCUT2D eigenvalue weighted by Crippen LogP contribution is 2.53. The first-order valence-corrected chi connectivity index (χ1v) is 7.82. The molecule has 6 atom stereocenters. The van der Waals surface area contributed by atoms with E-state index in [0.717, 1.165) is 19.3 Å². The third kappa shape index (κ3) is 1.73. The molecule has 3 rings (SSSR count). The second kappa shape index (κ2) is 4.71. The molecule has 0 aromatic carbocycles. The van der Waals surface area contributed by atoms with Gasteiger partial charge in [-0.1, -0.05) is 12.2 Å². The first-order valence-electron chi connectivity index (χ1n) is 7.39. The Balaban J connectivity index is 1.98. The van der Waals surface area contributed by atoms with Crippen LogP contribution < -0.4 is 5.32 Å². The highest BCUT2D eigenvalue weighted by molar-refractivity contribution is 6.22. The fourth-order valence-corrected chi connectivity index (χ4v) is 4.43. The van der Waals surface area contributed by atoms with E-state index in [1.807, 2.05) is 12.2 Å². The number of fused-ring (bicyclic) bond motifs is 1. The van der Waals surface area contributed by atoms with E-state index >= 15 is 0 Å². The van der Waals surface area contributed by atoms with Crippen LogP contribution in [-0.2, 0) is 14.3 Å². The monoisotopic (exact) mass is 313 g/mol. The third-order valence-electron chi connectivity index (χ3n) is 5.21. The summed E-state index contributed by atoms with van der Waals surface area (Å²) in [6.45, 7) is 3.39. The molecule has 0 saturated carbocycles. The molecule has 1 amide bonds. The van der Waals surface area contributed by atoms with Gasteiger partial charge >= 0.3 is 5.97 Å². The summed E-state index contributed by atoms with van der Waals surface area (Å²) < 4.78 is 5.32. The zero-order valence-electron chi connectivity index (χ0n) is 12.1. The van der Waals surface area contributed by atoms with Crippen molar-refractivity contribution < 1.29 is 19.4 Å². The molecule has 0 aromatic heterocycles. The van der Waals surface area contributed by atoms with Gasteiger partial charge in [-0.3, -0.25) is 4.79 Å². The number of ether oxygens (including phenoxy) is 1. The molecule has 1 aliphatic carbocycles. The maximum atomic E-state index is 12.3. The molecule has 0 radical (unpaired) electrons. The van der Waals surface area contributed by atoms with Crippen molar-refractivity contribution in [2.24, 2.45) is 11.8 Å². The predicted octanol–water partition coefficient (Wildman–Crippen LogP) is 1.13. The van der Waals surface area contributed by atoms with Crippen molar-refractivity contribution in [3.8, 4) is 0 Å². The van der Waals surface area contributed by atoms with Crippen molar-refractivity contribution >= 4 is 23.5 Å². The fourth-order valence-electron chi connectivity index (χ4n) is 4.07. The minimum absolute atomic E-state index is 0.157.